The molecule has 73 valence electrons. The van der Waals surface area contributed by atoms with E-state index < -0.39 is 15.6 Å². The van der Waals surface area contributed by atoms with E-state index in [2.05, 4.69) is 6.58 Å². The molecule has 0 fully saturated rings. The van der Waals surface area contributed by atoms with Crippen LogP contribution in [0.5, 0.6) is 0 Å². The highest BCUT2D eigenvalue weighted by atomic mass is 32.2. The summed E-state index contributed by atoms with van der Waals surface area (Å²) in [6, 6.07) is 0. The monoisotopic (exact) mass is 197 g/mol. The summed E-state index contributed by atoms with van der Waals surface area (Å²) in [5.74, 6) is 0. The molecule has 6 heteroatoms. The second kappa shape index (κ2) is 7.23. The minimum absolute atomic E-state index is 0.0127. The number of aliphatic hydroxyl groups is 1. The van der Waals surface area contributed by atoms with Gasteiger partial charge in [0.05, 0.1) is 0 Å². The van der Waals surface area contributed by atoms with Gasteiger partial charge in [0.1, 0.15) is 6.61 Å². The third-order valence-corrected chi connectivity index (χ3v) is 1.83. The van der Waals surface area contributed by atoms with Crippen molar-refractivity contribution in [3.05, 3.63) is 12.7 Å². The van der Waals surface area contributed by atoms with Gasteiger partial charge in [-0.2, -0.15) is 8.42 Å². The average Bonchev–Trinajstić information content (AvgIpc) is 2.02. The van der Waals surface area contributed by atoms with E-state index in [1.165, 1.54) is 13.0 Å². The Bertz CT molecular complexity index is 196. The molecule has 2 N–H and O–H groups in total. The third-order valence-electron chi connectivity index (χ3n) is 0.811. The molecule has 1 unspecified atom stereocenters. The summed E-state index contributed by atoms with van der Waals surface area (Å²) in [7, 11) is -4.20. The Morgan fingerprint density at radius 2 is 1.92 bits per heavy atom. The van der Waals surface area contributed by atoms with Crippen molar-refractivity contribution in [2.75, 3.05) is 6.61 Å². The van der Waals surface area contributed by atoms with E-state index in [1.54, 1.807) is 0 Å². The van der Waals surface area contributed by atoms with Gasteiger partial charge in [-0.3, -0.25) is 4.55 Å². The van der Waals surface area contributed by atoms with Gasteiger partial charge in [0.2, 0.25) is 0 Å². The molecular weight excluding hydrogens is 184 g/mol. The minimum atomic E-state index is -4.20. The predicted molar refractivity (Wildman–Crippen MR) is 43.6 cm³/mol. The van der Waals surface area contributed by atoms with Crippen LogP contribution in [0, 0.1) is 0 Å². The van der Waals surface area contributed by atoms with Crippen molar-refractivity contribution in [3.8, 4) is 0 Å². The molecule has 0 rings (SSSR count). The Balaban J connectivity index is 0. The molecule has 0 aliphatic carbocycles. The number of rotatable bonds is 3. The maximum Gasteiger partial charge on any atom is 0.291 e. The summed E-state index contributed by atoms with van der Waals surface area (Å²) in [4.78, 5) is 0. The fourth-order valence-electron chi connectivity index (χ4n) is 0.211. The molecule has 0 saturated heterocycles. The first-order chi connectivity index (χ1) is 5.40. The Labute approximate surface area is 72.1 Å². The van der Waals surface area contributed by atoms with E-state index in [4.69, 9.17) is 9.66 Å². The van der Waals surface area contributed by atoms with Gasteiger partial charge in [0.25, 0.3) is 10.1 Å². The van der Waals surface area contributed by atoms with Crippen LogP contribution in [-0.4, -0.2) is 30.1 Å². The van der Waals surface area contributed by atoms with Crippen LogP contribution < -0.4 is 0 Å². The van der Waals surface area contributed by atoms with Gasteiger partial charge in [-0.05, 0) is 6.42 Å². The summed E-state index contributed by atoms with van der Waals surface area (Å²) in [5, 5.41) is 17.5. The molecule has 0 aliphatic heterocycles. The molecule has 5 nitrogen and oxygen atoms in total. The summed E-state index contributed by atoms with van der Waals surface area (Å²) in [6.07, 6.45) is 1.33. The highest BCUT2D eigenvalue weighted by Gasteiger charge is 2.15. The summed E-state index contributed by atoms with van der Waals surface area (Å²) < 4.78 is 27.7. The van der Waals surface area contributed by atoms with E-state index in [9.17, 15) is 13.5 Å². The zero-order valence-corrected chi connectivity index (χ0v) is 7.62. The van der Waals surface area contributed by atoms with E-state index in [0.717, 1.165) is 0 Å². The predicted octanol–water partition coefficient (Wildman–Crippen LogP) is 0.206. The van der Waals surface area contributed by atoms with Crippen molar-refractivity contribution in [2.24, 2.45) is 0 Å². The van der Waals surface area contributed by atoms with E-state index in [1.807, 2.05) is 0 Å². The highest BCUT2D eigenvalue weighted by Crippen LogP contribution is 1.96. The van der Waals surface area contributed by atoms with Gasteiger partial charge in [0.15, 0.2) is 5.44 Å². The summed E-state index contributed by atoms with van der Waals surface area (Å²) >= 11 is 0. The Morgan fingerprint density at radius 1 is 1.58 bits per heavy atom. The Kier molecular flexibility index (Phi) is 8.51. The molecule has 0 bridgehead atoms. The summed E-state index contributed by atoms with van der Waals surface area (Å²) in [5.41, 5.74) is -1.62. The fraction of sp³-hybridized carbons (Fsp3) is 0.667. The van der Waals surface area contributed by atoms with Crippen molar-refractivity contribution in [1.29, 1.82) is 0 Å². The van der Waals surface area contributed by atoms with Crippen LogP contribution in [0.1, 0.15) is 13.3 Å². The van der Waals surface area contributed by atoms with Gasteiger partial charge in [-0.25, -0.2) is 5.11 Å². The van der Waals surface area contributed by atoms with Crippen LogP contribution in [0.4, 0.5) is 0 Å². The van der Waals surface area contributed by atoms with Crippen LogP contribution in [0.15, 0.2) is 12.7 Å². The molecule has 0 heterocycles. The molecule has 1 radical (unpaired) electrons. The fourth-order valence-corrected chi connectivity index (χ4v) is 0.632. The first kappa shape index (κ1) is 14.1. The van der Waals surface area contributed by atoms with Crippen LogP contribution in [0.3, 0.4) is 0 Å². The van der Waals surface area contributed by atoms with E-state index in [0.29, 0.717) is 0 Å². The quantitative estimate of drug-likeness (QED) is 0.499. The molecular formula is C6H13O5S. The Morgan fingerprint density at radius 3 is 1.92 bits per heavy atom. The first-order valence-corrected chi connectivity index (χ1v) is 4.73. The lowest BCUT2D eigenvalue weighted by Crippen LogP contribution is -2.17. The lowest BCUT2D eigenvalue weighted by atomic mass is 10.5. The molecule has 0 aliphatic rings. The molecule has 0 aromatic rings. The minimum Gasteiger partial charge on any atom is -0.375 e. The van der Waals surface area contributed by atoms with Crippen molar-refractivity contribution in [2.45, 2.75) is 18.8 Å². The van der Waals surface area contributed by atoms with Crippen molar-refractivity contribution in [1.82, 2.24) is 0 Å². The highest BCUT2D eigenvalue weighted by molar-refractivity contribution is 7.86. The standard InChI is InChI=1S/C3H8O4S.C3H5O/c1-2-3(4)8(5,6)7;1-2-3-4/h3-4H,2H2,1H3,(H,5,6,7);2H,1,3H2. The Hall–Kier alpha value is -0.430. The molecule has 0 aromatic heterocycles. The summed E-state index contributed by atoms with van der Waals surface area (Å²) in [6.45, 7) is 4.46. The molecule has 0 spiro atoms. The third kappa shape index (κ3) is 9.57. The van der Waals surface area contributed by atoms with Gasteiger partial charge in [-0.1, -0.05) is 13.0 Å². The molecule has 0 amide bonds. The molecule has 0 aromatic carbocycles. The second-order valence-corrected chi connectivity index (χ2v) is 3.41. The maximum absolute atomic E-state index is 9.87. The maximum atomic E-state index is 9.87. The van der Waals surface area contributed by atoms with Crippen LogP contribution in [0.25, 0.3) is 0 Å². The van der Waals surface area contributed by atoms with Crippen LogP contribution >= 0.6 is 0 Å². The zero-order valence-electron chi connectivity index (χ0n) is 6.80. The molecule has 12 heavy (non-hydrogen) atoms. The van der Waals surface area contributed by atoms with Crippen LogP contribution in [-0.2, 0) is 15.2 Å². The van der Waals surface area contributed by atoms with Gasteiger partial charge < -0.3 is 5.11 Å². The second-order valence-electron chi connectivity index (χ2n) is 1.83. The van der Waals surface area contributed by atoms with Crippen molar-refractivity contribution < 1.29 is 23.2 Å². The van der Waals surface area contributed by atoms with Crippen molar-refractivity contribution >= 4 is 10.1 Å². The molecule has 1 atom stereocenters. The molecule has 0 saturated carbocycles. The topological polar surface area (TPSA) is 94.5 Å². The van der Waals surface area contributed by atoms with E-state index in [-0.39, 0.29) is 13.0 Å². The number of hydrogen-bond acceptors (Lipinski definition) is 3. The largest absolute Gasteiger partial charge is 0.375 e. The van der Waals surface area contributed by atoms with Gasteiger partial charge in [-0.15, -0.1) is 6.58 Å². The lowest BCUT2D eigenvalue weighted by Gasteiger charge is -1.99. The lowest BCUT2D eigenvalue weighted by molar-refractivity contribution is 0.229. The zero-order chi connectivity index (χ0) is 10.2. The smallest absolute Gasteiger partial charge is 0.291 e. The van der Waals surface area contributed by atoms with Gasteiger partial charge in [0, 0.05) is 0 Å². The SMILES string of the molecule is C=CC[O].CCC(O)S(=O)(=O)O. The van der Waals surface area contributed by atoms with Gasteiger partial charge >= 0.3 is 0 Å². The first-order valence-electron chi connectivity index (χ1n) is 3.23. The van der Waals surface area contributed by atoms with E-state index >= 15 is 0 Å². The average molecular weight is 197 g/mol. The van der Waals surface area contributed by atoms with Crippen molar-refractivity contribution in [3.63, 3.8) is 0 Å². The normalized spacial score (nSPS) is 12.7. The number of hydrogen-bond donors (Lipinski definition) is 2. The number of aliphatic hydroxyl groups excluding tert-OH is 1. The van der Waals surface area contributed by atoms with Crippen LogP contribution in [0.2, 0.25) is 0 Å².